The van der Waals surface area contributed by atoms with Crippen LogP contribution in [0.1, 0.15) is 43.5 Å². The van der Waals surface area contributed by atoms with Gasteiger partial charge in [0, 0.05) is 6.54 Å². The van der Waals surface area contributed by atoms with Crippen molar-refractivity contribution < 1.29 is 5.11 Å². The molecule has 1 aromatic carbocycles. The third kappa shape index (κ3) is 4.50. The number of aliphatic hydroxyl groups is 1. The lowest BCUT2D eigenvalue weighted by atomic mass is 9.78. The molecular weight excluding hydrogens is 350 g/mol. The second kappa shape index (κ2) is 8.69. The summed E-state index contributed by atoms with van der Waals surface area (Å²) >= 11 is 0. The summed E-state index contributed by atoms with van der Waals surface area (Å²) in [6.45, 7) is 2.80. The molecule has 0 amide bonds. The van der Waals surface area contributed by atoms with E-state index in [0.717, 1.165) is 67.7 Å². The molecule has 1 fully saturated rings. The van der Waals surface area contributed by atoms with E-state index in [1.165, 1.54) is 5.56 Å². The van der Waals surface area contributed by atoms with Crippen molar-refractivity contribution in [2.75, 3.05) is 11.9 Å². The van der Waals surface area contributed by atoms with Crippen molar-refractivity contribution in [3.05, 3.63) is 47.9 Å². The number of nitrogens with zero attached hydrogens (tertiary/aromatic N) is 3. The number of aryl methyl sites for hydroxylation is 2. The van der Waals surface area contributed by atoms with Gasteiger partial charge in [0.05, 0.1) is 17.7 Å². The maximum Gasteiger partial charge on any atom is 0.161 e. The van der Waals surface area contributed by atoms with Gasteiger partial charge in [0.2, 0.25) is 0 Å². The number of hydrogen-bond donors (Lipinski definition) is 3. The van der Waals surface area contributed by atoms with E-state index in [0.29, 0.717) is 11.8 Å². The van der Waals surface area contributed by atoms with Crippen LogP contribution in [0.15, 0.2) is 36.5 Å². The Morgan fingerprint density at radius 2 is 1.93 bits per heavy atom. The van der Waals surface area contributed by atoms with Crippen LogP contribution in [0.4, 0.5) is 5.82 Å². The summed E-state index contributed by atoms with van der Waals surface area (Å²) in [5.41, 5.74) is 2.09. The first-order chi connectivity index (χ1) is 13.7. The lowest BCUT2D eigenvalue weighted by Gasteiger charge is -2.31. The van der Waals surface area contributed by atoms with Crippen LogP contribution in [0.25, 0.3) is 11.0 Å². The van der Waals surface area contributed by atoms with E-state index in [1.807, 2.05) is 13.0 Å². The van der Waals surface area contributed by atoms with Crippen molar-refractivity contribution in [1.29, 1.82) is 0 Å². The number of nitrogens with one attached hydrogen (secondary N) is 2. The van der Waals surface area contributed by atoms with Gasteiger partial charge in [-0.1, -0.05) is 30.3 Å². The minimum Gasteiger partial charge on any atom is -0.393 e. The quantitative estimate of drug-likeness (QED) is 0.580. The highest BCUT2D eigenvalue weighted by Gasteiger charge is 2.26. The molecule has 0 saturated heterocycles. The lowest BCUT2D eigenvalue weighted by molar-refractivity contribution is 0.0684. The first-order valence-corrected chi connectivity index (χ1v) is 10.3. The van der Waals surface area contributed by atoms with Crippen LogP contribution in [0.3, 0.4) is 0 Å². The largest absolute Gasteiger partial charge is 0.393 e. The molecule has 1 saturated carbocycles. The molecule has 1 atom stereocenters. The second-order valence-corrected chi connectivity index (χ2v) is 8.01. The number of aliphatic hydroxyl groups excluding tert-OH is 1. The normalized spacial score (nSPS) is 20.9. The minimum atomic E-state index is -0.191. The molecule has 2 heterocycles. The Bertz CT molecular complexity index is 886. The molecule has 28 heavy (non-hydrogen) atoms. The lowest BCUT2D eigenvalue weighted by Crippen LogP contribution is -2.28. The number of hydrogen-bond acceptors (Lipinski definition) is 5. The van der Waals surface area contributed by atoms with Gasteiger partial charge in [0.25, 0.3) is 0 Å². The summed E-state index contributed by atoms with van der Waals surface area (Å²) < 4.78 is 0. The predicted molar refractivity (Wildman–Crippen MR) is 111 cm³/mol. The Hall–Kier alpha value is -2.47. The molecule has 148 valence electrons. The smallest absolute Gasteiger partial charge is 0.161 e. The van der Waals surface area contributed by atoms with E-state index in [2.05, 4.69) is 49.7 Å². The molecule has 2 aromatic heterocycles. The molecule has 0 bridgehead atoms. The number of rotatable bonds is 7. The highest BCUT2D eigenvalue weighted by Crippen LogP contribution is 2.32. The zero-order valence-corrected chi connectivity index (χ0v) is 16.4. The molecule has 0 aliphatic heterocycles. The average Bonchev–Trinajstić information content (AvgIpc) is 3.20. The molecule has 0 spiro atoms. The maximum atomic E-state index is 10.6. The zero-order valence-electron chi connectivity index (χ0n) is 16.4. The van der Waals surface area contributed by atoms with Gasteiger partial charge in [-0.05, 0) is 62.8 Å². The van der Waals surface area contributed by atoms with Crippen molar-refractivity contribution in [2.45, 2.75) is 51.6 Å². The summed E-state index contributed by atoms with van der Waals surface area (Å²) in [7, 11) is 0. The van der Waals surface area contributed by atoms with Gasteiger partial charge in [-0.2, -0.15) is 5.10 Å². The van der Waals surface area contributed by atoms with E-state index in [-0.39, 0.29) is 6.10 Å². The number of fused-ring (bicyclic) bond motifs is 1. The first-order valence-electron chi connectivity index (χ1n) is 10.3. The third-order valence-electron chi connectivity index (χ3n) is 5.99. The second-order valence-electron chi connectivity index (χ2n) is 8.01. The number of aromatic nitrogens is 4. The fraction of sp³-hybridized carbons (Fsp3) is 0.500. The molecule has 1 unspecified atom stereocenters. The van der Waals surface area contributed by atoms with Crippen molar-refractivity contribution >= 4 is 16.9 Å². The van der Waals surface area contributed by atoms with Crippen LogP contribution in [0.5, 0.6) is 0 Å². The molecule has 6 nitrogen and oxygen atoms in total. The molecule has 1 aliphatic rings. The standard InChI is InChI=1S/C22H29N5O/c1-15-25-21(19-14-24-27-22(19)26-15)23-13-17-7-10-18(11-8-17)20(28)12-9-16-5-3-2-4-6-16/h2-6,14,17-18,20,28H,7-13H2,1H3,(H2,23,24,25,26,27). The van der Waals surface area contributed by atoms with Gasteiger partial charge < -0.3 is 10.4 Å². The van der Waals surface area contributed by atoms with E-state index in [4.69, 9.17) is 0 Å². The molecule has 1 aliphatic carbocycles. The summed E-state index contributed by atoms with van der Waals surface area (Å²) in [5, 5.41) is 22.0. The highest BCUT2D eigenvalue weighted by molar-refractivity contribution is 5.85. The molecule has 3 aromatic rings. The maximum absolute atomic E-state index is 10.6. The Morgan fingerprint density at radius 3 is 2.71 bits per heavy atom. The Kier molecular flexibility index (Phi) is 5.86. The van der Waals surface area contributed by atoms with Crippen molar-refractivity contribution in [3.8, 4) is 0 Å². The molecule has 3 N–H and O–H groups in total. The molecule has 4 rings (SSSR count). The number of benzene rings is 1. The SMILES string of the molecule is Cc1nc(NCC2CCC(C(O)CCc3ccccc3)CC2)c2cn[nH]c2n1. The summed E-state index contributed by atoms with van der Waals surface area (Å²) in [6.07, 6.45) is 7.91. The van der Waals surface area contributed by atoms with Gasteiger partial charge in [-0.3, -0.25) is 5.10 Å². The molecule has 0 radical (unpaired) electrons. The van der Waals surface area contributed by atoms with Gasteiger partial charge in [-0.25, -0.2) is 9.97 Å². The zero-order chi connectivity index (χ0) is 19.3. The van der Waals surface area contributed by atoms with Crippen molar-refractivity contribution in [1.82, 2.24) is 20.2 Å². The van der Waals surface area contributed by atoms with Crippen LogP contribution < -0.4 is 5.32 Å². The van der Waals surface area contributed by atoms with Gasteiger partial charge in [0.15, 0.2) is 5.65 Å². The topological polar surface area (TPSA) is 86.7 Å². The van der Waals surface area contributed by atoms with Crippen LogP contribution >= 0.6 is 0 Å². The van der Waals surface area contributed by atoms with Gasteiger partial charge in [-0.15, -0.1) is 0 Å². The Balaban J connectivity index is 1.24. The molecular formula is C22H29N5O. The predicted octanol–water partition coefficient (Wildman–Crippen LogP) is 3.87. The van der Waals surface area contributed by atoms with Gasteiger partial charge in [0.1, 0.15) is 11.6 Å². The van der Waals surface area contributed by atoms with Crippen LogP contribution in [0.2, 0.25) is 0 Å². The van der Waals surface area contributed by atoms with Crippen LogP contribution in [-0.2, 0) is 6.42 Å². The number of H-pyrrole nitrogens is 1. The van der Waals surface area contributed by atoms with E-state index >= 15 is 0 Å². The van der Waals surface area contributed by atoms with E-state index in [9.17, 15) is 5.11 Å². The molecule has 6 heteroatoms. The number of anilines is 1. The average molecular weight is 380 g/mol. The number of aromatic amines is 1. The van der Waals surface area contributed by atoms with Crippen LogP contribution in [0, 0.1) is 18.8 Å². The minimum absolute atomic E-state index is 0.191. The van der Waals surface area contributed by atoms with E-state index in [1.54, 1.807) is 6.20 Å². The Morgan fingerprint density at radius 1 is 1.14 bits per heavy atom. The fourth-order valence-electron chi connectivity index (χ4n) is 4.29. The fourth-order valence-corrected chi connectivity index (χ4v) is 4.29. The van der Waals surface area contributed by atoms with Crippen LogP contribution in [-0.4, -0.2) is 37.9 Å². The first kappa shape index (κ1) is 18.9. The Labute approximate surface area is 165 Å². The van der Waals surface area contributed by atoms with E-state index < -0.39 is 0 Å². The summed E-state index contributed by atoms with van der Waals surface area (Å²) in [4.78, 5) is 8.89. The third-order valence-corrected chi connectivity index (χ3v) is 5.99. The summed E-state index contributed by atoms with van der Waals surface area (Å²) in [5.74, 6) is 2.65. The van der Waals surface area contributed by atoms with Gasteiger partial charge >= 0.3 is 0 Å². The van der Waals surface area contributed by atoms with Crippen molar-refractivity contribution in [2.24, 2.45) is 11.8 Å². The summed E-state index contributed by atoms with van der Waals surface area (Å²) in [6, 6.07) is 10.4. The monoisotopic (exact) mass is 379 g/mol. The highest BCUT2D eigenvalue weighted by atomic mass is 16.3. The van der Waals surface area contributed by atoms with Crippen molar-refractivity contribution in [3.63, 3.8) is 0 Å².